The molecular formula is C5F6S3. The lowest BCUT2D eigenvalue weighted by molar-refractivity contribution is -0.157. The molecule has 0 aromatic carbocycles. The van der Waals surface area contributed by atoms with Gasteiger partial charge in [0.1, 0.15) is 12.9 Å². The molecule has 0 spiro atoms. The molecule has 9 heteroatoms. The Kier molecular flexibility index (Phi) is 2.94. The van der Waals surface area contributed by atoms with E-state index in [1.54, 1.807) is 0 Å². The van der Waals surface area contributed by atoms with Crippen LogP contribution in [0.25, 0.3) is 0 Å². The van der Waals surface area contributed by atoms with Gasteiger partial charge in [-0.3, -0.25) is 0 Å². The Morgan fingerprint density at radius 1 is 0.786 bits per heavy atom. The third kappa shape index (κ3) is 2.45. The van der Waals surface area contributed by atoms with E-state index < -0.39 is 22.1 Å². The molecule has 0 aliphatic rings. The molecule has 1 heterocycles. The summed E-state index contributed by atoms with van der Waals surface area (Å²) >= 11 is 4.17. The van der Waals surface area contributed by atoms with Gasteiger partial charge in [0, 0.05) is 0 Å². The normalized spacial score (nSPS) is 13.3. The lowest BCUT2D eigenvalue weighted by Gasteiger charge is -2.08. The van der Waals surface area contributed by atoms with Gasteiger partial charge in [-0.15, -0.1) is 22.7 Å². The largest absolute Gasteiger partial charge is 0.427 e. The molecule has 0 saturated carbocycles. The van der Waals surface area contributed by atoms with E-state index in [9.17, 15) is 26.3 Å². The summed E-state index contributed by atoms with van der Waals surface area (Å²) in [5.41, 5.74) is 0. The summed E-state index contributed by atoms with van der Waals surface area (Å²) in [4.78, 5) is -3.33. The van der Waals surface area contributed by atoms with E-state index in [2.05, 4.69) is 12.2 Å². The average molecular weight is 270 g/mol. The lowest BCUT2D eigenvalue weighted by atomic mass is 10.4. The van der Waals surface area contributed by atoms with E-state index >= 15 is 0 Å². The maximum atomic E-state index is 12.1. The molecule has 0 amide bonds. The van der Waals surface area contributed by atoms with E-state index in [0.29, 0.717) is 0 Å². The van der Waals surface area contributed by atoms with Gasteiger partial charge in [-0.1, -0.05) is 12.2 Å². The van der Waals surface area contributed by atoms with Crippen molar-refractivity contribution in [3.63, 3.8) is 0 Å². The molecule has 1 rings (SSSR count). The minimum atomic E-state index is -5.00. The molecule has 0 unspecified atom stereocenters. The predicted molar refractivity (Wildman–Crippen MR) is 43.0 cm³/mol. The zero-order chi connectivity index (χ0) is 11.1. The smallest absolute Gasteiger partial charge is 0.165 e. The van der Waals surface area contributed by atoms with Crippen LogP contribution in [-0.2, 0) is 12.4 Å². The first-order valence-corrected chi connectivity index (χ1v) is 4.95. The molecule has 1 aromatic heterocycles. The van der Waals surface area contributed by atoms with Crippen LogP contribution in [0, 0.1) is 3.14 Å². The number of hydrogen-bond donors (Lipinski definition) is 0. The number of alkyl halides is 6. The average Bonchev–Trinajstić information content (AvgIpc) is 2.27. The van der Waals surface area contributed by atoms with Crippen molar-refractivity contribution in [3.05, 3.63) is 12.9 Å². The van der Waals surface area contributed by atoms with Gasteiger partial charge in [0.2, 0.25) is 0 Å². The molecule has 14 heavy (non-hydrogen) atoms. The highest BCUT2D eigenvalue weighted by atomic mass is 32.2. The minimum absolute atomic E-state index is 0.0635. The van der Waals surface area contributed by atoms with Crippen molar-refractivity contribution in [3.8, 4) is 0 Å². The molecule has 1 aromatic rings. The van der Waals surface area contributed by atoms with E-state index in [4.69, 9.17) is 0 Å². The van der Waals surface area contributed by atoms with Crippen LogP contribution in [0.3, 0.4) is 0 Å². The van der Waals surface area contributed by atoms with Crippen LogP contribution in [0.1, 0.15) is 9.75 Å². The molecule has 0 fully saturated rings. The second kappa shape index (κ2) is 3.46. The van der Waals surface area contributed by atoms with Crippen LogP contribution in [0.2, 0.25) is 0 Å². The van der Waals surface area contributed by atoms with E-state index in [1.165, 1.54) is 0 Å². The molecule has 0 bridgehead atoms. The maximum absolute atomic E-state index is 12.1. The summed E-state index contributed by atoms with van der Waals surface area (Å²) in [7, 11) is 0. The molecule has 80 valence electrons. The highest BCUT2D eigenvalue weighted by Crippen LogP contribution is 2.46. The second-order valence-corrected chi connectivity index (χ2v) is 5.33. The van der Waals surface area contributed by atoms with Gasteiger partial charge < -0.3 is 0 Å². The summed E-state index contributed by atoms with van der Waals surface area (Å²) in [6.45, 7) is 0. The van der Waals surface area contributed by atoms with Crippen LogP contribution >= 0.6 is 34.9 Å². The molecule has 0 aliphatic carbocycles. The molecule has 0 nitrogen and oxygen atoms in total. The highest BCUT2D eigenvalue weighted by Gasteiger charge is 2.45. The fourth-order valence-corrected chi connectivity index (χ4v) is 3.05. The Morgan fingerprint density at radius 2 is 1.07 bits per heavy atom. The quantitative estimate of drug-likeness (QED) is 0.491. The molecular weight excluding hydrogens is 270 g/mol. The fourth-order valence-electron chi connectivity index (χ4n) is 0.653. The topological polar surface area (TPSA) is 0 Å². The van der Waals surface area contributed by atoms with Gasteiger partial charge in [0.25, 0.3) is 0 Å². The summed E-state index contributed by atoms with van der Waals surface area (Å²) in [5, 5.41) is 0. The summed E-state index contributed by atoms with van der Waals surface area (Å²) < 4.78 is 72.0. The van der Waals surface area contributed by atoms with Crippen molar-refractivity contribution < 1.29 is 26.3 Å². The predicted octanol–water partition coefficient (Wildman–Crippen LogP) is 4.58. The first-order valence-electron chi connectivity index (χ1n) is 2.90. The molecule has 0 aliphatic heterocycles. The van der Waals surface area contributed by atoms with Crippen molar-refractivity contribution in [2.24, 2.45) is 0 Å². The third-order valence-corrected chi connectivity index (χ3v) is 3.83. The van der Waals surface area contributed by atoms with Crippen LogP contribution in [0.15, 0.2) is 0 Å². The zero-order valence-electron chi connectivity index (χ0n) is 5.99. The lowest BCUT2D eigenvalue weighted by Crippen LogP contribution is -2.12. The molecule has 0 radical (unpaired) electrons. The molecule has 0 saturated heterocycles. The van der Waals surface area contributed by atoms with E-state index in [-0.39, 0.29) is 25.8 Å². The van der Waals surface area contributed by atoms with Gasteiger partial charge in [0.15, 0.2) is 0 Å². The van der Waals surface area contributed by atoms with Crippen molar-refractivity contribution in [1.29, 1.82) is 0 Å². The summed E-state index contributed by atoms with van der Waals surface area (Å²) in [6, 6.07) is 0. The minimum Gasteiger partial charge on any atom is -0.165 e. The van der Waals surface area contributed by atoms with Crippen LogP contribution < -0.4 is 0 Å². The van der Waals surface area contributed by atoms with Crippen molar-refractivity contribution >= 4 is 34.9 Å². The Bertz CT molecular complexity index is 345. The fraction of sp³-hybridized carbons (Fsp3) is 0.400. The van der Waals surface area contributed by atoms with Crippen LogP contribution in [-0.4, -0.2) is 0 Å². The van der Waals surface area contributed by atoms with Gasteiger partial charge in [0.05, 0.1) is 0 Å². The Hall–Kier alpha value is -0.150. The highest BCUT2D eigenvalue weighted by molar-refractivity contribution is 7.76. The Labute approximate surface area is 86.8 Å². The zero-order valence-corrected chi connectivity index (χ0v) is 8.44. The standard InChI is InChI=1S/C5F6S3/c6-4(7,8)1-2(5(9,10)11)14-3(12)13-1. The molecule has 0 atom stereocenters. The number of halogens is 6. The van der Waals surface area contributed by atoms with Gasteiger partial charge in [-0.05, 0) is 0 Å². The van der Waals surface area contributed by atoms with Gasteiger partial charge in [-0.25, -0.2) is 0 Å². The Balaban J connectivity index is 3.38. The number of hydrogen-bond acceptors (Lipinski definition) is 3. The first-order chi connectivity index (χ1) is 6.12. The first kappa shape index (κ1) is 11.9. The van der Waals surface area contributed by atoms with Crippen molar-refractivity contribution in [1.82, 2.24) is 0 Å². The monoisotopic (exact) mass is 270 g/mol. The van der Waals surface area contributed by atoms with Crippen LogP contribution in [0.4, 0.5) is 26.3 Å². The van der Waals surface area contributed by atoms with Crippen molar-refractivity contribution in [2.75, 3.05) is 0 Å². The Morgan fingerprint density at radius 3 is 1.29 bits per heavy atom. The van der Waals surface area contributed by atoms with E-state index in [1.807, 2.05) is 0 Å². The second-order valence-electron chi connectivity index (χ2n) is 2.11. The third-order valence-electron chi connectivity index (χ3n) is 1.09. The molecule has 0 N–H and O–H groups in total. The number of rotatable bonds is 0. The van der Waals surface area contributed by atoms with E-state index in [0.717, 1.165) is 0 Å². The van der Waals surface area contributed by atoms with Crippen molar-refractivity contribution in [2.45, 2.75) is 12.4 Å². The summed E-state index contributed by atoms with van der Waals surface area (Å²) in [6.07, 6.45) is -9.99. The van der Waals surface area contributed by atoms with Gasteiger partial charge >= 0.3 is 12.4 Å². The van der Waals surface area contributed by atoms with Crippen LogP contribution in [0.5, 0.6) is 0 Å². The maximum Gasteiger partial charge on any atom is 0.427 e. The van der Waals surface area contributed by atoms with Gasteiger partial charge in [-0.2, -0.15) is 26.3 Å². The summed E-state index contributed by atoms with van der Waals surface area (Å²) in [5.74, 6) is 0. The SMILES string of the molecule is FC(F)(F)c1sc(=S)sc1C(F)(F)F.